The molecular formula is C15H29N3OS. The molecule has 1 unspecified atom stereocenters. The number of rotatable bonds is 4. The fourth-order valence-electron chi connectivity index (χ4n) is 3.17. The first kappa shape index (κ1) is 16.1. The molecule has 2 fully saturated rings. The number of hydrogen-bond acceptors (Lipinski definition) is 4. The van der Waals surface area contributed by atoms with Crippen LogP contribution in [0, 0.1) is 11.8 Å². The van der Waals surface area contributed by atoms with Gasteiger partial charge < -0.3 is 10.6 Å². The Morgan fingerprint density at radius 3 is 2.60 bits per heavy atom. The third-order valence-electron chi connectivity index (χ3n) is 4.42. The van der Waals surface area contributed by atoms with Crippen molar-refractivity contribution in [2.45, 2.75) is 45.0 Å². The number of amides is 1. The predicted molar refractivity (Wildman–Crippen MR) is 85.6 cm³/mol. The van der Waals surface area contributed by atoms with Gasteiger partial charge in [-0.15, -0.1) is 11.8 Å². The van der Waals surface area contributed by atoms with Crippen molar-refractivity contribution in [1.29, 1.82) is 0 Å². The van der Waals surface area contributed by atoms with E-state index in [0.29, 0.717) is 5.92 Å². The Labute approximate surface area is 127 Å². The fraction of sp³-hybridized carbons (Fsp3) is 0.933. The van der Waals surface area contributed by atoms with E-state index >= 15 is 0 Å². The first-order valence-electron chi connectivity index (χ1n) is 7.79. The maximum atomic E-state index is 12.4. The summed E-state index contributed by atoms with van der Waals surface area (Å²) in [7, 11) is 0. The van der Waals surface area contributed by atoms with Crippen LogP contribution in [0.2, 0.25) is 0 Å². The second-order valence-corrected chi connectivity index (χ2v) is 8.37. The Hall–Kier alpha value is -0.260. The summed E-state index contributed by atoms with van der Waals surface area (Å²) in [6, 6.07) is -0.352. The molecule has 1 amide bonds. The van der Waals surface area contributed by atoms with E-state index in [2.05, 4.69) is 18.7 Å². The van der Waals surface area contributed by atoms with Gasteiger partial charge >= 0.3 is 0 Å². The Morgan fingerprint density at radius 1 is 1.30 bits per heavy atom. The molecule has 2 aliphatic rings. The topological polar surface area (TPSA) is 49.6 Å². The van der Waals surface area contributed by atoms with Crippen LogP contribution in [0.15, 0.2) is 0 Å². The van der Waals surface area contributed by atoms with Gasteiger partial charge in [-0.3, -0.25) is 9.69 Å². The molecule has 5 heteroatoms. The van der Waals surface area contributed by atoms with Gasteiger partial charge in [0.1, 0.15) is 0 Å². The number of hydrogen-bond donors (Lipinski definition) is 1. The zero-order valence-corrected chi connectivity index (χ0v) is 14.1. The minimum atomic E-state index is -0.352. The Morgan fingerprint density at radius 2 is 2.00 bits per heavy atom. The van der Waals surface area contributed by atoms with Crippen LogP contribution >= 0.6 is 11.8 Å². The standard InChI is InChI=1S/C15H29N3OS/c1-11(2)9-18-7-8-20-15(18)5-6-17(10-15)14(19)13(16)12(3)4/h11-13H,5-10,16H2,1-4H3/t13-,15?/m0/s1. The number of thioether (sulfide) groups is 1. The maximum Gasteiger partial charge on any atom is 0.239 e. The third-order valence-corrected chi connectivity index (χ3v) is 5.93. The lowest BCUT2D eigenvalue weighted by Gasteiger charge is -2.35. The monoisotopic (exact) mass is 299 g/mol. The molecule has 20 heavy (non-hydrogen) atoms. The molecule has 116 valence electrons. The third kappa shape index (κ3) is 3.15. The first-order chi connectivity index (χ1) is 9.35. The van der Waals surface area contributed by atoms with Gasteiger partial charge in [-0.2, -0.15) is 0 Å². The van der Waals surface area contributed by atoms with E-state index in [1.807, 2.05) is 30.5 Å². The minimum absolute atomic E-state index is 0.133. The Balaban J connectivity index is 2.02. The van der Waals surface area contributed by atoms with E-state index in [4.69, 9.17) is 5.73 Å². The van der Waals surface area contributed by atoms with Crippen LogP contribution in [-0.4, -0.2) is 58.6 Å². The number of carbonyl (C=O) groups is 1. The van der Waals surface area contributed by atoms with Gasteiger partial charge in [0.15, 0.2) is 0 Å². The molecule has 0 aromatic carbocycles. The SMILES string of the molecule is CC(C)CN1CCSC12CCN(C(=O)[C@@H](N)C(C)C)C2. The number of likely N-dealkylation sites (tertiary alicyclic amines) is 1. The molecule has 0 saturated carbocycles. The van der Waals surface area contributed by atoms with Gasteiger partial charge in [0, 0.05) is 31.9 Å². The van der Waals surface area contributed by atoms with Crippen LogP contribution in [0.25, 0.3) is 0 Å². The van der Waals surface area contributed by atoms with Crippen LogP contribution in [-0.2, 0) is 4.79 Å². The van der Waals surface area contributed by atoms with Crippen LogP contribution in [0.4, 0.5) is 0 Å². The largest absolute Gasteiger partial charge is 0.339 e. The lowest BCUT2D eigenvalue weighted by molar-refractivity contribution is -0.132. The Bertz CT molecular complexity index is 361. The molecule has 0 aromatic rings. The summed E-state index contributed by atoms with van der Waals surface area (Å²) < 4.78 is 0. The summed E-state index contributed by atoms with van der Waals surface area (Å²) in [6.07, 6.45) is 1.08. The van der Waals surface area contributed by atoms with Crippen LogP contribution < -0.4 is 5.73 Å². The number of carbonyl (C=O) groups excluding carboxylic acids is 1. The Kier molecular flexibility index (Phi) is 5.03. The summed E-state index contributed by atoms with van der Waals surface area (Å²) in [5.41, 5.74) is 6.03. The molecule has 0 aromatic heterocycles. The summed E-state index contributed by atoms with van der Waals surface area (Å²) in [5, 5.41) is 0. The molecule has 0 bridgehead atoms. The minimum Gasteiger partial charge on any atom is -0.339 e. The second kappa shape index (κ2) is 6.24. The quantitative estimate of drug-likeness (QED) is 0.857. The van der Waals surface area contributed by atoms with Gasteiger partial charge in [-0.25, -0.2) is 0 Å². The lowest BCUT2D eigenvalue weighted by Crippen LogP contribution is -2.50. The van der Waals surface area contributed by atoms with E-state index in [-0.39, 0.29) is 22.7 Å². The molecule has 2 atom stereocenters. The molecule has 1 spiro atoms. The molecule has 0 radical (unpaired) electrons. The molecule has 2 rings (SSSR count). The lowest BCUT2D eigenvalue weighted by atomic mass is 10.0. The fourth-order valence-corrected chi connectivity index (χ4v) is 4.69. The van der Waals surface area contributed by atoms with Gasteiger partial charge in [0.25, 0.3) is 0 Å². The molecule has 2 heterocycles. The maximum absolute atomic E-state index is 12.4. The van der Waals surface area contributed by atoms with Crippen molar-refractivity contribution in [2.75, 3.05) is 31.9 Å². The van der Waals surface area contributed by atoms with Crippen molar-refractivity contribution in [3.05, 3.63) is 0 Å². The van der Waals surface area contributed by atoms with Gasteiger partial charge in [0.05, 0.1) is 10.9 Å². The summed E-state index contributed by atoms with van der Waals surface area (Å²) >= 11 is 2.03. The molecule has 2 N–H and O–H groups in total. The van der Waals surface area contributed by atoms with Crippen molar-refractivity contribution >= 4 is 17.7 Å². The van der Waals surface area contributed by atoms with Crippen molar-refractivity contribution < 1.29 is 4.79 Å². The van der Waals surface area contributed by atoms with Gasteiger partial charge in [0.2, 0.25) is 5.91 Å². The van der Waals surface area contributed by atoms with E-state index in [1.54, 1.807) is 0 Å². The van der Waals surface area contributed by atoms with Crippen molar-refractivity contribution in [3.63, 3.8) is 0 Å². The highest BCUT2D eigenvalue weighted by Crippen LogP contribution is 2.43. The normalized spacial score (nSPS) is 29.1. The van der Waals surface area contributed by atoms with E-state index < -0.39 is 0 Å². The second-order valence-electron chi connectivity index (χ2n) is 6.91. The average Bonchev–Trinajstić information content (AvgIpc) is 2.96. The highest BCUT2D eigenvalue weighted by molar-refractivity contribution is 8.00. The highest BCUT2D eigenvalue weighted by Gasteiger charge is 2.48. The van der Waals surface area contributed by atoms with Crippen LogP contribution in [0.5, 0.6) is 0 Å². The average molecular weight is 299 g/mol. The molecule has 4 nitrogen and oxygen atoms in total. The number of nitrogens with two attached hydrogens (primary N) is 1. The zero-order valence-electron chi connectivity index (χ0n) is 13.3. The molecule has 0 aliphatic carbocycles. The predicted octanol–water partition coefficient (Wildman–Crippen LogP) is 1.60. The summed E-state index contributed by atoms with van der Waals surface area (Å²) in [6.45, 7) is 12.6. The van der Waals surface area contributed by atoms with Gasteiger partial charge in [-0.1, -0.05) is 27.7 Å². The first-order valence-corrected chi connectivity index (χ1v) is 8.77. The van der Waals surface area contributed by atoms with Crippen molar-refractivity contribution in [1.82, 2.24) is 9.80 Å². The summed E-state index contributed by atoms with van der Waals surface area (Å²) in [5.74, 6) is 2.20. The van der Waals surface area contributed by atoms with Crippen LogP contribution in [0.1, 0.15) is 34.1 Å². The van der Waals surface area contributed by atoms with Crippen LogP contribution in [0.3, 0.4) is 0 Å². The summed E-state index contributed by atoms with van der Waals surface area (Å²) in [4.78, 5) is 17.2. The molecular weight excluding hydrogens is 270 g/mol. The van der Waals surface area contributed by atoms with Gasteiger partial charge in [-0.05, 0) is 18.3 Å². The van der Waals surface area contributed by atoms with Crippen molar-refractivity contribution in [3.8, 4) is 0 Å². The zero-order chi connectivity index (χ0) is 14.9. The molecule has 2 aliphatic heterocycles. The highest BCUT2D eigenvalue weighted by atomic mass is 32.2. The number of nitrogens with zero attached hydrogens (tertiary/aromatic N) is 2. The van der Waals surface area contributed by atoms with E-state index in [0.717, 1.165) is 32.6 Å². The van der Waals surface area contributed by atoms with E-state index in [9.17, 15) is 4.79 Å². The smallest absolute Gasteiger partial charge is 0.239 e. The van der Waals surface area contributed by atoms with Crippen molar-refractivity contribution in [2.24, 2.45) is 17.6 Å². The van der Waals surface area contributed by atoms with E-state index in [1.165, 1.54) is 5.75 Å². The molecule has 2 saturated heterocycles.